The molecular formula is C19H21NO. The van der Waals surface area contributed by atoms with Gasteiger partial charge in [-0.3, -0.25) is 0 Å². The molecule has 0 N–H and O–H groups in total. The van der Waals surface area contributed by atoms with E-state index in [1.54, 1.807) is 0 Å². The Morgan fingerprint density at radius 2 is 1.76 bits per heavy atom. The molecule has 0 aliphatic heterocycles. The zero-order valence-corrected chi connectivity index (χ0v) is 12.9. The second-order valence-electron chi connectivity index (χ2n) is 5.55. The molecule has 2 heteroatoms. The normalized spacial score (nSPS) is 11.0. The molecule has 1 aromatic heterocycles. The molecule has 0 bridgehead atoms. The summed E-state index contributed by atoms with van der Waals surface area (Å²) in [5, 5.41) is 1.29. The molecule has 3 rings (SSSR count). The molecule has 0 aliphatic rings. The lowest BCUT2D eigenvalue weighted by molar-refractivity contribution is 0.296. The number of aryl methyl sites for hydroxylation is 3. The zero-order valence-electron chi connectivity index (χ0n) is 12.9. The highest BCUT2D eigenvalue weighted by molar-refractivity contribution is 5.82. The largest absolute Gasteiger partial charge is 0.487 e. The predicted molar refractivity (Wildman–Crippen MR) is 87.9 cm³/mol. The fourth-order valence-electron chi connectivity index (χ4n) is 2.80. The van der Waals surface area contributed by atoms with E-state index in [0.29, 0.717) is 6.61 Å². The Bertz CT molecular complexity index is 770. The summed E-state index contributed by atoms with van der Waals surface area (Å²) in [7, 11) is 0. The van der Waals surface area contributed by atoms with Gasteiger partial charge in [0.05, 0.1) is 5.69 Å². The van der Waals surface area contributed by atoms with Gasteiger partial charge in [-0.1, -0.05) is 23.8 Å². The van der Waals surface area contributed by atoms with Crippen LogP contribution in [0.1, 0.15) is 23.7 Å². The molecule has 0 amide bonds. The molecule has 1 heterocycles. The molecule has 21 heavy (non-hydrogen) atoms. The van der Waals surface area contributed by atoms with Gasteiger partial charge in [0, 0.05) is 17.4 Å². The number of nitrogens with zero attached hydrogens (tertiary/aromatic N) is 1. The van der Waals surface area contributed by atoms with Crippen molar-refractivity contribution in [1.82, 2.24) is 4.57 Å². The molecule has 2 nitrogen and oxygen atoms in total. The Kier molecular flexibility index (Phi) is 3.70. The molecule has 0 aliphatic carbocycles. The molecular weight excluding hydrogens is 258 g/mol. The molecule has 0 fully saturated rings. The lowest BCUT2D eigenvalue weighted by atomic mass is 10.2. The Morgan fingerprint density at radius 1 is 0.952 bits per heavy atom. The molecule has 0 saturated heterocycles. The van der Waals surface area contributed by atoms with Gasteiger partial charge in [0.1, 0.15) is 12.4 Å². The molecule has 3 aromatic rings. The van der Waals surface area contributed by atoms with E-state index in [0.717, 1.165) is 12.3 Å². The summed E-state index contributed by atoms with van der Waals surface area (Å²) in [6.07, 6.45) is 0. The fraction of sp³-hybridized carbons (Fsp3) is 0.263. The van der Waals surface area contributed by atoms with Crippen LogP contribution >= 0.6 is 0 Å². The lowest BCUT2D eigenvalue weighted by Crippen LogP contribution is -2.04. The van der Waals surface area contributed by atoms with Crippen LogP contribution in [0.2, 0.25) is 0 Å². The minimum absolute atomic E-state index is 0.602. The van der Waals surface area contributed by atoms with Gasteiger partial charge in [-0.15, -0.1) is 0 Å². The second-order valence-corrected chi connectivity index (χ2v) is 5.55. The van der Waals surface area contributed by atoms with E-state index in [4.69, 9.17) is 4.74 Å². The van der Waals surface area contributed by atoms with Crippen molar-refractivity contribution < 1.29 is 4.74 Å². The van der Waals surface area contributed by atoms with Crippen molar-refractivity contribution in [3.8, 4) is 5.75 Å². The van der Waals surface area contributed by atoms with Gasteiger partial charge in [0.25, 0.3) is 0 Å². The Labute approximate surface area is 126 Å². The molecule has 2 aromatic carbocycles. The molecule has 108 valence electrons. The number of fused-ring (bicyclic) bond motifs is 1. The summed E-state index contributed by atoms with van der Waals surface area (Å²) < 4.78 is 8.28. The summed E-state index contributed by atoms with van der Waals surface area (Å²) >= 11 is 0. The first-order chi connectivity index (χ1) is 10.2. The number of hydrogen-bond acceptors (Lipinski definition) is 1. The van der Waals surface area contributed by atoms with Gasteiger partial charge < -0.3 is 9.30 Å². The van der Waals surface area contributed by atoms with Crippen LogP contribution in [0.25, 0.3) is 10.9 Å². The lowest BCUT2D eigenvalue weighted by Gasteiger charge is -2.10. The highest BCUT2D eigenvalue weighted by Crippen LogP contribution is 2.23. The average Bonchev–Trinajstić information content (AvgIpc) is 2.81. The molecule has 0 radical (unpaired) electrons. The van der Waals surface area contributed by atoms with E-state index < -0.39 is 0 Å². The van der Waals surface area contributed by atoms with E-state index in [1.807, 2.05) is 12.1 Å². The smallest absolute Gasteiger partial charge is 0.128 e. The van der Waals surface area contributed by atoms with Crippen LogP contribution in [0.5, 0.6) is 5.75 Å². The second kappa shape index (κ2) is 5.65. The molecule has 0 atom stereocenters. The van der Waals surface area contributed by atoms with Crippen molar-refractivity contribution in [1.29, 1.82) is 0 Å². The van der Waals surface area contributed by atoms with Crippen LogP contribution in [0.3, 0.4) is 0 Å². The zero-order chi connectivity index (χ0) is 14.8. The summed E-state index contributed by atoms with van der Waals surface area (Å²) in [6, 6.07) is 17.0. The summed E-state index contributed by atoms with van der Waals surface area (Å²) in [6.45, 7) is 7.95. The van der Waals surface area contributed by atoms with Gasteiger partial charge in [-0.05, 0) is 56.7 Å². The van der Waals surface area contributed by atoms with Crippen molar-refractivity contribution in [2.75, 3.05) is 0 Å². The van der Waals surface area contributed by atoms with Gasteiger partial charge >= 0.3 is 0 Å². The SMILES string of the molecule is CCn1c(COc2cccc(C)c2)cc2cc(C)ccc21. The number of aromatic nitrogens is 1. The van der Waals surface area contributed by atoms with Gasteiger partial charge in [-0.2, -0.15) is 0 Å². The summed E-state index contributed by atoms with van der Waals surface area (Å²) in [5.41, 5.74) is 5.02. The third kappa shape index (κ3) is 2.80. The van der Waals surface area contributed by atoms with Crippen molar-refractivity contribution in [2.24, 2.45) is 0 Å². The van der Waals surface area contributed by atoms with E-state index in [9.17, 15) is 0 Å². The summed E-state index contributed by atoms with van der Waals surface area (Å²) in [4.78, 5) is 0. The van der Waals surface area contributed by atoms with Crippen molar-refractivity contribution in [3.63, 3.8) is 0 Å². The van der Waals surface area contributed by atoms with Crippen LogP contribution < -0.4 is 4.74 Å². The predicted octanol–water partition coefficient (Wildman–Crippen LogP) is 4.86. The highest BCUT2D eigenvalue weighted by Gasteiger charge is 2.08. The van der Waals surface area contributed by atoms with Crippen LogP contribution in [0.4, 0.5) is 0 Å². The number of ether oxygens (including phenoxy) is 1. The summed E-state index contributed by atoms with van der Waals surface area (Å²) in [5.74, 6) is 0.930. The minimum atomic E-state index is 0.602. The average molecular weight is 279 g/mol. The Balaban J connectivity index is 1.89. The van der Waals surface area contributed by atoms with Crippen molar-refractivity contribution >= 4 is 10.9 Å². The molecule has 0 spiro atoms. The van der Waals surface area contributed by atoms with E-state index >= 15 is 0 Å². The third-order valence-corrected chi connectivity index (χ3v) is 3.84. The Morgan fingerprint density at radius 3 is 2.52 bits per heavy atom. The van der Waals surface area contributed by atoms with Crippen molar-refractivity contribution in [2.45, 2.75) is 33.9 Å². The number of rotatable bonds is 4. The van der Waals surface area contributed by atoms with Gasteiger partial charge in [0.15, 0.2) is 0 Å². The maximum atomic E-state index is 5.95. The third-order valence-electron chi connectivity index (χ3n) is 3.84. The maximum absolute atomic E-state index is 5.95. The monoisotopic (exact) mass is 279 g/mol. The van der Waals surface area contributed by atoms with Crippen LogP contribution in [0.15, 0.2) is 48.5 Å². The van der Waals surface area contributed by atoms with Crippen LogP contribution in [-0.2, 0) is 13.2 Å². The first-order valence-corrected chi connectivity index (χ1v) is 7.45. The molecule has 0 unspecified atom stereocenters. The van der Waals surface area contributed by atoms with E-state index in [2.05, 4.69) is 61.7 Å². The molecule has 0 saturated carbocycles. The minimum Gasteiger partial charge on any atom is -0.487 e. The van der Waals surface area contributed by atoms with Crippen LogP contribution in [-0.4, -0.2) is 4.57 Å². The first kappa shape index (κ1) is 13.7. The van der Waals surface area contributed by atoms with E-state index in [-0.39, 0.29) is 0 Å². The fourth-order valence-corrected chi connectivity index (χ4v) is 2.80. The van der Waals surface area contributed by atoms with Crippen LogP contribution in [0, 0.1) is 13.8 Å². The topological polar surface area (TPSA) is 14.2 Å². The standard InChI is InChI=1S/C19H21NO/c1-4-20-17(12-16-10-15(3)8-9-19(16)20)13-21-18-7-5-6-14(2)11-18/h5-12H,4,13H2,1-3H3. The number of hydrogen-bond donors (Lipinski definition) is 0. The quantitative estimate of drug-likeness (QED) is 0.665. The number of benzene rings is 2. The maximum Gasteiger partial charge on any atom is 0.128 e. The van der Waals surface area contributed by atoms with Crippen molar-refractivity contribution in [3.05, 3.63) is 65.4 Å². The van der Waals surface area contributed by atoms with E-state index in [1.165, 1.54) is 27.7 Å². The van der Waals surface area contributed by atoms with Gasteiger partial charge in [-0.25, -0.2) is 0 Å². The first-order valence-electron chi connectivity index (χ1n) is 7.45. The Hall–Kier alpha value is -2.22. The highest BCUT2D eigenvalue weighted by atomic mass is 16.5. The van der Waals surface area contributed by atoms with Gasteiger partial charge in [0.2, 0.25) is 0 Å².